The summed E-state index contributed by atoms with van der Waals surface area (Å²) in [6.45, 7) is 1.67. The van der Waals surface area contributed by atoms with Crippen LogP contribution in [0.5, 0.6) is 0 Å². The molecule has 0 amide bonds. The van der Waals surface area contributed by atoms with E-state index in [2.05, 4.69) is 37.3 Å². The van der Waals surface area contributed by atoms with Crippen LogP contribution in [0, 0.1) is 17.1 Å². The number of hydrogen-bond acceptors (Lipinski definition) is 7. The zero-order valence-electron chi connectivity index (χ0n) is 20.7. The van der Waals surface area contributed by atoms with Crippen molar-refractivity contribution in [3.63, 3.8) is 0 Å². The number of rotatable bonds is 7. The van der Waals surface area contributed by atoms with E-state index < -0.39 is 11.9 Å². The lowest BCUT2D eigenvalue weighted by Crippen LogP contribution is -2.43. The summed E-state index contributed by atoms with van der Waals surface area (Å²) >= 11 is 18.8. The van der Waals surface area contributed by atoms with Gasteiger partial charge in [-0.15, -0.1) is 5.10 Å². The number of hydrogen-bond donors (Lipinski definition) is 3. The Morgan fingerprint density at radius 2 is 1.85 bits per heavy atom. The highest BCUT2D eigenvalue weighted by Crippen LogP contribution is 2.38. The maximum atomic E-state index is 13.8. The van der Waals surface area contributed by atoms with E-state index in [4.69, 9.17) is 34.8 Å². The second-order valence-electron chi connectivity index (χ2n) is 9.33. The number of nitriles is 1. The SMILES string of the molecule is N#Cc1cnc2c(NC(c3ccc(Cl)cc3)c3cn(C4CNC4)nn3)cc(Cl)cc2c1Nc1ccc(F)c(Cl)c1. The van der Waals surface area contributed by atoms with E-state index in [0.29, 0.717) is 43.7 Å². The lowest BCUT2D eigenvalue weighted by molar-refractivity contribution is 0.312. The monoisotopic (exact) mass is 592 g/mol. The lowest BCUT2D eigenvalue weighted by atomic mass is 10.0. The Bertz CT molecular complexity index is 1760. The number of pyridine rings is 1. The van der Waals surface area contributed by atoms with Gasteiger partial charge in [-0.1, -0.05) is 52.1 Å². The molecule has 1 atom stereocenters. The molecule has 1 aliphatic rings. The van der Waals surface area contributed by atoms with Crippen molar-refractivity contribution in [1.29, 1.82) is 5.26 Å². The maximum Gasteiger partial charge on any atom is 0.141 e. The van der Waals surface area contributed by atoms with Gasteiger partial charge in [0.1, 0.15) is 17.6 Å². The number of fused-ring (bicyclic) bond motifs is 1. The minimum atomic E-state index is -0.541. The van der Waals surface area contributed by atoms with Gasteiger partial charge in [0, 0.05) is 40.4 Å². The Kier molecular flexibility index (Phi) is 7.17. The summed E-state index contributed by atoms with van der Waals surface area (Å²) in [7, 11) is 0. The van der Waals surface area contributed by atoms with Crippen molar-refractivity contribution < 1.29 is 4.39 Å². The smallest absolute Gasteiger partial charge is 0.141 e. The fourth-order valence-corrected chi connectivity index (χ4v) is 5.04. The quantitative estimate of drug-likeness (QED) is 0.189. The molecule has 12 heteroatoms. The van der Waals surface area contributed by atoms with Crippen molar-refractivity contribution in [1.82, 2.24) is 25.3 Å². The van der Waals surface area contributed by atoms with Crippen LogP contribution in [0.3, 0.4) is 0 Å². The Hall–Kier alpha value is -3.94. The molecule has 1 unspecified atom stereocenters. The molecular weight excluding hydrogens is 574 g/mol. The molecular formula is C28H20Cl3FN8. The predicted molar refractivity (Wildman–Crippen MR) is 155 cm³/mol. The molecule has 2 aromatic heterocycles. The summed E-state index contributed by atoms with van der Waals surface area (Å²) in [6.07, 6.45) is 3.41. The Balaban J connectivity index is 1.45. The van der Waals surface area contributed by atoms with Crippen LogP contribution >= 0.6 is 34.8 Å². The number of nitrogens with zero attached hydrogens (tertiary/aromatic N) is 5. The van der Waals surface area contributed by atoms with E-state index in [1.165, 1.54) is 24.4 Å². The molecule has 0 aliphatic carbocycles. The average Bonchev–Trinajstić information content (AvgIpc) is 3.38. The van der Waals surface area contributed by atoms with Gasteiger partial charge in [0.2, 0.25) is 0 Å². The average molecular weight is 594 g/mol. The first-order chi connectivity index (χ1) is 19.4. The van der Waals surface area contributed by atoms with E-state index in [0.717, 1.165) is 18.7 Å². The summed E-state index contributed by atoms with van der Waals surface area (Å²) in [5.41, 5.74) is 4.05. The van der Waals surface area contributed by atoms with Gasteiger partial charge >= 0.3 is 0 Å². The van der Waals surface area contributed by atoms with Crippen molar-refractivity contribution >= 4 is 62.8 Å². The van der Waals surface area contributed by atoms with Gasteiger partial charge in [0.15, 0.2) is 0 Å². The highest BCUT2D eigenvalue weighted by Gasteiger charge is 2.25. The van der Waals surface area contributed by atoms with Crippen molar-refractivity contribution in [2.24, 2.45) is 0 Å². The molecule has 40 heavy (non-hydrogen) atoms. The van der Waals surface area contributed by atoms with Gasteiger partial charge in [-0.25, -0.2) is 9.07 Å². The zero-order chi connectivity index (χ0) is 27.8. The van der Waals surface area contributed by atoms with Crippen molar-refractivity contribution in [3.8, 4) is 6.07 Å². The molecule has 5 aromatic rings. The van der Waals surface area contributed by atoms with Crippen molar-refractivity contribution in [2.45, 2.75) is 12.1 Å². The summed E-state index contributed by atoms with van der Waals surface area (Å²) in [6, 6.07) is 17.2. The number of aromatic nitrogens is 4. The molecule has 0 saturated carbocycles. The third-order valence-electron chi connectivity index (χ3n) is 6.71. The highest BCUT2D eigenvalue weighted by molar-refractivity contribution is 6.32. The Labute approximate surface area is 243 Å². The second-order valence-corrected chi connectivity index (χ2v) is 10.6. The third-order valence-corrected chi connectivity index (χ3v) is 7.47. The summed E-state index contributed by atoms with van der Waals surface area (Å²) < 4.78 is 15.6. The van der Waals surface area contributed by atoms with Crippen LogP contribution in [0.4, 0.5) is 21.5 Å². The van der Waals surface area contributed by atoms with Gasteiger partial charge < -0.3 is 16.0 Å². The first kappa shape index (κ1) is 26.3. The molecule has 0 spiro atoms. The van der Waals surface area contributed by atoms with E-state index in [9.17, 15) is 9.65 Å². The van der Waals surface area contributed by atoms with E-state index in [-0.39, 0.29) is 16.6 Å². The molecule has 8 nitrogen and oxygen atoms in total. The van der Waals surface area contributed by atoms with Gasteiger partial charge in [0.25, 0.3) is 0 Å². The summed E-state index contributed by atoms with van der Waals surface area (Å²) in [5.74, 6) is -0.541. The zero-order valence-corrected chi connectivity index (χ0v) is 22.9. The number of halogens is 4. The minimum absolute atomic E-state index is 0.0428. The molecule has 3 aromatic carbocycles. The van der Waals surface area contributed by atoms with Crippen LogP contribution in [-0.4, -0.2) is 33.1 Å². The fourth-order valence-electron chi connectivity index (χ4n) is 4.52. The van der Waals surface area contributed by atoms with Crippen LogP contribution in [0.2, 0.25) is 15.1 Å². The fraction of sp³-hybridized carbons (Fsp3) is 0.143. The van der Waals surface area contributed by atoms with E-state index in [1.807, 2.05) is 35.1 Å². The lowest BCUT2D eigenvalue weighted by Gasteiger charge is -2.26. The molecule has 0 bridgehead atoms. The number of nitrogens with one attached hydrogen (secondary N) is 3. The highest BCUT2D eigenvalue weighted by atomic mass is 35.5. The van der Waals surface area contributed by atoms with Crippen LogP contribution < -0.4 is 16.0 Å². The van der Waals surface area contributed by atoms with Crippen molar-refractivity contribution in [3.05, 3.63) is 105 Å². The topological polar surface area (TPSA) is 103 Å². The second kappa shape index (κ2) is 10.9. The molecule has 3 N–H and O–H groups in total. The van der Waals surface area contributed by atoms with Gasteiger partial charge in [-0.3, -0.25) is 4.98 Å². The predicted octanol–water partition coefficient (Wildman–Crippen LogP) is 6.89. The van der Waals surface area contributed by atoms with Gasteiger partial charge in [-0.05, 0) is 48.0 Å². The van der Waals surface area contributed by atoms with E-state index >= 15 is 0 Å². The molecule has 3 heterocycles. The molecule has 1 fully saturated rings. The minimum Gasteiger partial charge on any atom is -0.371 e. The molecule has 0 radical (unpaired) electrons. The molecule has 1 aliphatic heterocycles. The van der Waals surface area contributed by atoms with Crippen molar-refractivity contribution in [2.75, 3.05) is 23.7 Å². The normalized spacial score (nSPS) is 14.0. The standard InChI is InChI=1S/C28H20Cl3FN8/c29-17-3-1-15(2-4-17)27(25-14-40(39-38-25)20-12-34-13-20)37-24-8-18(30)7-21-26(16(10-33)11-35-28(21)24)36-19-5-6-23(32)22(31)9-19/h1-9,11,14,20,27,34,37H,12-13H2,(H,35,36). The first-order valence-electron chi connectivity index (χ1n) is 12.3. The van der Waals surface area contributed by atoms with Crippen LogP contribution in [0.1, 0.15) is 28.9 Å². The number of anilines is 3. The van der Waals surface area contributed by atoms with E-state index in [1.54, 1.807) is 12.1 Å². The van der Waals surface area contributed by atoms with Crippen LogP contribution in [-0.2, 0) is 0 Å². The number of benzene rings is 3. The molecule has 1 saturated heterocycles. The third kappa shape index (κ3) is 5.15. The molecule has 200 valence electrons. The summed E-state index contributed by atoms with van der Waals surface area (Å²) in [5, 5.41) is 30.2. The first-order valence-corrected chi connectivity index (χ1v) is 13.4. The summed E-state index contributed by atoms with van der Waals surface area (Å²) in [4.78, 5) is 4.60. The Morgan fingerprint density at radius 1 is 1.05 bits per heavy atom. The maximum absolute atomic E-state index is 13.8. The van der Waals surface area contributed by atoms with Crippen LogP contribution in [0.25, 0.3) is 10.9 Å². The van der Waals surface area contributed by atoms with Gasteiger partial charge in [0.05, 0.1) is 45.8 Å². The van der Waals surface area contributed by atoms with Crippen LogP contribution in [0.15, 0.2) is 67.0 Å². The van der Waals surface area contributed by atoms with Gasteiger partial charge in [-0.2, -0.15) is 5.26 Å². The Morgan fingerprint density at radius 3 is 2.55 bits per heavy atom. The molecule has 6 rings (SSSR count). The largest absolute Gasteiger partial charge is 0.371 e.